The molecule has 3 aromatic carbocycles. The molecule has 5 N–H and O–H groups in total. The standard InChI is InChI=1S/C15H14ClNO4S.C14H11ClN2O3S.C9H10ClNO2.C5H5NO3S.C4H2BrNO2S.C4H4BrNS.C4H10O.C4H9O.CO2.K.Li.H2O/c1-8(18)9-4-5-13(20-2)14(16)10(9)6-12(19)11-7-22-15(17-11)21-3;1-19-11-4-3-7-10(18)5-8(16-13(7)12(11)15)9-6-21-14(17-9)20-2;1-5(12)6-3-4-7(13-2)8(10)9(6)11;1-8-5-6-4(2-10-5)9-3-7;5-4-6-3(1-9-4)8-2-7;1-3-2-7-4(5)6-3;2*1-4(2,3)5;2-1-3;;;/h4-5,7H,6H2,1-3H3;3-6H,1-2H3,(H,16,18);3-4H,11H2,1-2H3;2-3H,1H3;1-2H;2H,1H3;5H,1-3H3;1-3H3;;;;1H2/q;;;;;;;-1;;2*+1;/p-1. The molecule has 6 heterocycles. The van der Waals surface area contributed by atoms with Gasteiger partial charge in [-0.3, -0.25) is 28.8 Å². The Labute approximate surface area is 670 Å². The fourth-order valence-electron chi connectivity index (χ4n) is 6.17. The Kier molecular flexibility index (Phi) is 49.8. The van der Waals surface area contributed by atoms with Crippen LogP contribution in [0.4, 0.5) is 5.69 Å². The van der Waals surface area contributed by atoms with Crippen molar-refractivity contribution in [3.8, 4) is 56.0 Å². The summed E-state index contributed by atoms with van der Waals surface area (Å²) in [5, 5.41) is 30.1. The fourth-order valence-corrected chi connectivity index (χ4v) is 10.8. The van der Waals surface area contributed by atoms with Gasteiger partial charge in [0.05, 0.1) is 80.9 Å². The number of carbonyl (C=O) groups excluding carboxylic acids is 7. The SMILES string of the molecule is CC(C)(C)O.CC(C)(C)[O-].COc1ccc(C(C)=O)c(N)c1Cl.COc1nc(-c2cc(=O)c3ccc(OC)c(Cl)c3[nH]2)cs1.COc1nc(C(=O)Cc2c(C(C)=O)ccc(OC)c2Cl)cs1.COc1nc(OC=O)cs1.Cc1csc(Br)n1.O=C=O.O=COc1csc(Br)n1.[K+].[Li+].[OH-]. The van der Waals surface area contributed by atoms with E-state index in [4.69, 9.17) is 83.7 Å². The number of anilines is 1. The number of Topliss-reactive ketones (excluding diaryl/α,β-unsaturated/α-hetero) is 3. The molecule has 0 atom stereocenters. The third kappa shape index (κ3) is 37.0. The zero-order valence-electron chi connectivity index (χ0n) is 55.9. The molecule has 0 fully saturated rings. The number of ketones is 3. The Morgan fingerprint density at radius 2 is 1.07 bits per heavy atom. The zero-order chi connectivity index (χ0) is 72.3. The van der Waals surface area contributed by atoms with Gasteiger partial charge in [-0.2, -0.15) is 24.5 Å². The van der Waals surface area contributed by atoms with Gasteiger partial charge in [0.2, 0.25) is 11.8 Å². The average molecular weight is 1660 g/mol. The number of ether oxygens (including phenoxy) is 8. The number of aromatic amines is 1. The maximum absolute atomic E-state index is 12.3. The molecule has 0 saturated carbocycles. The molecule has 0 spiro atoms. The van der Waals surface area contributed by atoms with Gasteiger partial charge in [-0.05, 0) is 115 Å². The number of fused-ring (bicyclic) bond motifs is 1. The Bertz CT molecular complexity index is 3990. The number of halogens is 5. The normalized spacial score (nSPS) is 9.65. The first-order valence-corrected chi connectivity index (χ1v) is 33.4. The predicted octanol–water partition coefficient (Wildman–Crippen LogP) is 7.41. The number of aromatic nitrogens is 6. The monoisotopic (exact) mass is 1660 g/mol. The van der Waals surface area contributed by atoms with Gasteiger partial charge in [-0.25, -0.2) is 9.97 Å². The van der Waals surface area contributed by atoms with Crippen LogP contribution in [0.1, 0.15) is 97.9 Å². The number of nitrogens with one attached hydrogen (secondary N) is 1. The number of thiazole rings is 5. The van der Waals surface area contributed by atoms with Gasteiger partial charge in [0.1, 0.15) is 38.7 Å². The van der Waals surface area contributed by atoms with Crippen molar-refractivity contribution in [1.29, 1.82) is 0 Å². The van der Waals surface area contributed by atoms with Crippen LogP contribution in [-0.2, 0) is 25.6 Å². The summed E-state index contributed by atoms with van der Waals surface area (Å²) < 4.78 is 40.6. The molecule has 0 aliphatic rings. The van der Waals surface area contributed by atoms with Crippen LogP contribution in [0.2, 0.25) is 15.1 Å². The first-order chi connectivity index (χ1) is 44.6. The topological polar surface area (TPSA) is 390 Å². The van der Waals surface area contributed by atoms with Gasteiger partial charge < -0.3 is 64.3 Å². The summed E-state index contributed by atoms with van der Waals surface area (Å²) in [4.78, 5) is 106. The van der Waals surface area contributed by atoms with Crippen LogP contribution >= 0.6 is 123 Å². The summed E-state index contributed by atoms with van der Waals surface area (Å²) in [6, 6.07) is 11.3. The number of hydrogen-bond donors (Lipinski definition) is 3. The van der Waals surface area contributed by atoms with Crippen LogP contribution in [0, 0.1) is 6.92 Å². The van der Waals surface area contributed by atoms with Crippen molar-refractivity contribution in [2.24, 2.45) is 0 Å². The largest absolute Gasteiger partial charge is 1.00 e. The summed E-state index contributed by atoms with van der Waals surface area (Å²) in [6.07, 6.45) is 0.220. The van der Waals surface area contributed by atoms with Crippen molar-refractivity contribution in [3.05, 3.63) is 131 Å². The molecule has 0 bridgehead atoms. The first-order valence-electron chi connectivity index (χ1n) is 26.3. The third-order valence-corrected chi connectivity index (χ3v) is 16.3. The van der Waals surface area contributed by atoms with Crippen molar-refractivity contribution in [1.82, 2.24) is 29.9 Å². The molecule has 0 saturated heterocycles. The molecule has 9 aromatic rings. The summed E-state index contributed by atoms with van der Waals surface area (Å²) in [7, 11) is 9.04. The van der Waals surface area contributed by atoms with Crippen LogP contribution in [0.25, 0.3) is 22.3 Å². The molecule has 98 heavy (non-hydrogen) atoms. The predicted molar refractivity (Wildman–Crippen MR) is 376 cm³/mol. The zero-order valence-corrected chi connectivity index (χ0v) is 68.5. The number of hydrogen-bond acceptors (Lipinski definition) is 30. The molecule has 0 aliphatic carbocycles. The number of nitrogens with zero attached hydrogens (tertiary/aromatic N) is 5. The van der Waals surface area contributed by atoms with E-state index < -0.39 is 11.2 Å². The molecule has 522 valence electrons. The van der Waals surface area contributed by atoms with Crippen molar-refractivity contribution < 1.29 is 157 Å². The van der Waals surface area contributed by atoms with Gasteiger partial charge in [0, 0.05) is 50.8 Å². The van der Waals surface area contributed by atoms with E-state index in [1.165, 1.54) is 101 Å². The van der Waals surface area contributed by atoms with Gasteiger partial charge in [-0.15, -0.1) is 28.3 Å². The Hall–Kier alpha value is -5.11. The number of aliphatic hydroxyl groups is 1. The van der Waals surface area contributed by atoms with E-state index in [1.807, 2.05) is 17.7 Å². The van der Waals surface area contributed by atoms with E-state index in [9.17, 15) is 33.9 Å². The molecule has 26 nitrogen and oxygen atoms in total. The van der Waals surface area contributed by atoms with E-state index in [1.54, 1.807) is 113 Å². The number of methoxy groups -OCH3 is 6. The number of benzene rings is 3. The summed E-state index contributed by atoms with van der Waals surface area (Å²) >= 11 is 31.5. The molecule has 0 aliphatic heterocycles. The Morgan fingerprint density at radius 1 is 0.653 bits per heavy atom. The summed E-state index contributed by atoms with van der Waals surface area (Å²) in [6.45, 7) is 15.6. The van der Waals surface area contributed by atoms with Crippen LogP contribution in [0.5, 0.6) is 44.6 Å². The van der Waals surface area contributed by atoms with Crippen molar-refractivity contribution in [2.75, 3.05) is 48.4 Å². The van der Waals surface area contributed by atoms with Gasteiger partial charge >= 0.3 is 76.4 Å². The third-order valence-electron chi connectivity index (χ3n) is 9.91. The minimum Gasteiger partial charge on any atom is -0.870 e. The minimum atomic E-state index is -0.750. The number of H-pyrrole nitrogens is 1. The first kappa shape index (κ1) is 97.1. The number of nitrogens with two attached hydrogens (primary N) is 1. The van der Waals surface area contributed by atoms with E-state index >= 15 is 0 Å². The van der Waals surface area contributed by atoms with Crippen molar-refractivity contribution >= 4 is 176 Å². The average Bonchev–Trinajstić information content (AvgIpc) is 0.986. The molecular weight excluding hydrogens is 1600 g/mol. The van der Waals surface area contributed by atoms with Gasteiger partial charge in [0.15, 0.2) is 30.6 Å². The summed E-state index contributed by atoms with van der Waals surface area (Å²) in [5.41, 5.74) is 8.92. The van der Waals surface area contributed by atoms with E-state index in [0.717, 1.165) is 9.61 Å². The molecular formula is C60H66Br2Cl3KLiN7O19S5. The maximum Gasteiger partial charge on any atom is 1.00 e. The van der Waals surface area contributed by atoms with E-state index in [-0.39, 0.29) is 138 Å². The number of carbonyl (C=O) groups is 5. The molecule has 0 radical (unpaired) electrons. The second kappa shape index (κ2) is 50.3. The second-order valence-electron chi connectivity index (χ2n) is 19.5. The van der Waals surface area contributed by atoms with Crippen molar-refractivity contribution in [3.63, 3.8) is 0 Å². The van der Waals surface area contributed by atoms with E-state index in [2.05, 4.69) is 71.2 Å². The van der Waals surface area contributed by atoms with Crippen LogP contribution in [0.15, 0.2) is 82.0 Å². The Balaban J connectivity index is -0.00000110. The second-order valence-corrected chi connectivity index (χ2v) is 27.3. The minimum absolute atomic E-state index is 0. The molecule has 9 rings (SSSR count). The summed E-state index contributed by atoms with van der Waals surface area (Å²) in [5.74, 6) is 1.50. The van der Waals surface area contributed by atoms with Crippen LogP contribution < -0.4 is 124 Å². The number of nitrogen functional groups attached to an aromatic ring is 1. The number of rotatable bonds is 16. The number of pyridine rings is 1. The molecule has 6 aromatic heterocycles. The Morgan fingerprint density at radius 3 is 1.48 bits per heavy atom. The van der Waals surface area contributed by atoms with Crippen LogP contribution in [-0.4, -0.2) is 131 Å². The fraction of sp³-hybridized carbons (Fsp3) is 0.300. The molecule has 38 heteroatoms. The maximum atomic E-state index is 12.3. The van der Waals surface area contributed by atoms with E-state index in [0.29, 0.717) is 99.6 Å². The molecule has 0 amide bonds. The number of aryl methyl sites for hydroxylation is 1. The quantitative estimate of drug-likeness (QED) is 0.0367. The van der Waals surface area contributed by atoms with Gasteiger partial charge in [-0.1, -0.05) is 89.6 Å². The molecule has 0 unspecified atom stereocenters. The van der Waals surface area contributed by atoms with Gasteiger partial charge in [0.25, 0.3) is 28.5 Å². The smallest absolute Gasteiger partial charge is 0.870 e. The van der Waals surface area contributed by atoms with Crippen molar-refractivity contribution in [2.45, 2.75) is 79.9 Å². The van der Waals surface area contributed by atoms with Crippen LogP contribution in [0.3, 0.4) is 0 Å².